The molecule has 1 fully saturated rings. The van der Waals surface area contributed by atoms with E-state index < -0.39 is 35.3 Å². The fourth-order valence-electron chi connectivity index (χ4n) is 5.80. The highest BCUT2D eigenvalue weighted by Crippen LogP contribution is 2.35. The van der Waals surface area contributed by atoms with Crippen molar-refractivity contribution in [3.05, 3.63) is 59.2 Å². The number of carbonyl (C=O) groups is 2. The van der Waals surface area contributed by atoms with Crippen LogP contribution in [-0.4, -0.2) is 30.8 Å². The lowest BCUT2D eigenvalue weighted by atomic mass is 9.83. The van der Waals surface area contributed by atoms with E-state index in [-0.39, 0.29) is 36.5 Å². The average molecular weight is 633 g/mol. The lowest BCUT2D eigenvalue weighted by molar-refractivity contribution is -0.157. The SMILES string of the molecule is CCCCCCCCCCCCOc1ccc(C(=O)Oc2ccc(C3CCC(OC(=O)[C@@H](F)CCCC)CC3)cc2)c(F)c1F. The van der Waals surface area contributed by atoms with E-state index in [0.29, 0.717) is 19.3 Å². The Morgan fingerprint density at radius 3 is 1.98 bits per heavy atom. The molecule has 0 spiro atoms. The summed E-state index contributed by atoms with van der Waals surface area (Å²) in [6.45, 7) is 4.45. The van der Waals surface area contributed by atoms with E-state index in [4.69, 9.17) is 14.2 Å². The minimum absolute atomic E-state index is 0.197. The van der Waals surface area contributed by atoms with Gasteiger partial charge < -0.3 is 14.2 Å². The second kappa shape index (κ2) is 20.2. The molecule has 0 aliphatic heterocycles. The predicted molar refractivity (Wildman–Crippen MR) is 171 cm³/mol. The van der Waals surface area contributed by atoms with Crippen molar-refractivity contribution in [1.82, 2.24) is 0 Å². The maximum Gasteiger partial charge on any atom is 0.346 e. The molecule has 5 nitrogen and oxygen atoms in total. The van der Waals surface area contributed by atoms with Crippen LogP contribution in [0.3, 0.4) is 0 Å². The van der Waals surface area contributed by atoms with Gasteiger partial charge in [0.15, 0.2) is 17.7 Å². The highest BCUT2D eigenvalue weighted by Gasteiger charge is 2.28. The van der Waals surface area contributed by atoms with Crippen LogP contribution >= 0.6 is 0 Å². The van der Waals surface area contributed by atoms with Crippen LogP contribution < -0.4 is 9.47 Å². The summed E-state index contributed by atoms with van der Waals surface area (Å²) in [5.74, 6) is -4.02. The molecule has 0 bridgehead atoms. The minimum Gasteiger partial charge on any atom is -0.490 e. The van der Waals surface area contributed by atoms with Gasteiger partial charge in [-0.25, -0.2) is 18.4 Å². The average Bonchev–Trinajstić information content (AvgIpc) is 3.05. The predicted octanol–water partition coefficient (Wildman–Crippen LogP) is 10.6. The fourth-order valence-corrected chi connectivity index (χ4v) is 5.80. The Balaban J connectivity index is 1.39. The molecule has 0 unspecified atom stereocenters. The Labute approximate surface area is 267 Å². The molecular formula is C37H51F3O5. The molecule has 1 aliphatic rings. The lowest BCUT2D eigenvalue weighted by Gasteiger charge is -2.29. The zero-order valence-electron chi connectivity index (χ0n) is 27.1. The van der Waals surface area contributed by atoms with E-state index in [0.717, 1.165) is 44.1 Å². The van der Waals surface area contributed by atoms with Crippen molar-refractivity contribution in [2.75, 3.05) is 6.61 Å². The Morgan fingerprint density at radius 2 is 1.36 bits per heavy atom. The topological polar surface area (TPSA) is 61.8 Å². The number of alkyl halides is 1. The van der Waals surface area contributed by atoms with Gasteiger partial charge in [0, 0.05) is 0 Å². The molecule has 2 aromatic carbocycles. The highest BCUT2D eigenvalue weighted by atomic mass is 19.2. The molecule has 0 saturated heterocycles. The van der Waals surface area contributed by atoms with Crippen LogP contribution in [0.25, 0.3) is 0 Å². The monoisotopic (exact) mass is 632 g/mol. The van der Waals surface area contributed by atoms with E-state index in [1.165, 1.54) is 57.1 Å². The van der Waals surface area contributed by atoms with Gasteiger partial charge in [-0.3, -0.25) is 0 Å². The molecule has 0 aromatic heterocycles. The first kappa shape index (κ1) is 36.4. The summed E-state index contributed by atoms with van der Waals surface area (Å²) in [5.41, 5.74) is 0.535. The number of hydrogen-bond acceptors (Lipinski definition) is 5. The van der Waals surface area contributed by atoms with Gasteiger partial charge in [0.25, 0.3) is 0 Å². The van der Waals surface area contributed by atoms with Gasteiger partial charge >= 0.3 is 11.9 Å². The molecule has 8 heteroatoms. The Hall–Kier alpha value is -3.03. The van der Waals surface area contributed by atoms with Crippen molar-refractivity contribution in [3.63, 3.8) is 0 Å². The quantitative estimate of drug-likeness (QED) is 0.0826. The van der Waals surface area contributed by atoms with E-state index >= 15 is 0 Å². The molecule has 45 heavy (non-hydrogen) atoms. The summed E-state index contributed by atoms with van der Waals surface area (Å²) in [5, 5.41) is 0. The van der Waals surface area contributed by atoms with Gasteiger partial charge in [0.1, 0.15) is 11.9 Å². The number of hydrogen-bond donors (Lipinski definition) is 0. The van der Waals surface area contributed by atoms with Crippen LogP contribution in [0.2, 0.25) is 0 Å². The van der Waals surface area contributed by atoms with Gasteiger partial charge in [-0.1, -0.05) is 96.6 Å². The smallest absolute Gasteiger partial charge is 0.346 e. The van der Waals surface area contributed by atoms with Crippen LogP contribution in [0, 0.1) is 11.6 Å². The number of benzene rings is 2. The summed E-state index contributed by atoms with van der Waals surface area (Å²) in [4.78, 5) is 24.6. The number of unbranched alkanes of at least 4 members (excludes halogenated alkanes) is 10. The first-order valence-electron chi connectivity index (χ1n) is 17.1. The van der Waals surface area contributed by atoms with Crippen LogP contribution in [0.4, 0.5) is 13.2 Å². The zero-order chi connectivity index (χ0) is 32.4. The van der Waals surface area contributed by atoms with E-state index in [1.54, 1.807) is 12.1 Å². The summed E-state index contributed by atoms with van der Waals surface area (Å²) in [6, 6.07) is 9.37. The second-order valence-corrected chi connectivity index (χ2v) is 12.2. The van der Waals surface area contributed by atoms with Gasteiger partial charge in [-0.05, 0) is 74.3 Å². The standard InChI is InChI=1S/C37H51F3O5/c1-3-5-7-8-9-10-11-12-13-14-26-43-33-25-24-31(34(39)35(33)40)36(41)44-29-20-16-27(17-21-29)28-18-22-30(23-19-28)45-37(42)32(38)15-6-4-2/h16-17,20-21,24-25,28,30,32H,3-15,18-19,22-23,26H2,1-2H3/t28?,30?,32-/m0/s1. The fraction of sp³-hybridized carbons (Fsp3) is 0.622. The minimum atomic E-state index is -1.56. The molecule has 1 saturated carbocycles. The van der Waals surface area contributed by atoms with Crippen molar-refractivity contribution in [1.29, 1.82) is 0 Å². The largest absolute Gasteiger partial charge is 0.490 e. The molecule has 250 valence electrons. The van der Waals surface area contributed by atoms with Crippen molar-refractivity contribution in [3.8, 4) is 11.5 Å². The van der Waals surface area contributed by atoms with Crippen LogP contribution in [0.1, 0.15) is 145 Å². The summed E-state index contributed by atoms with van der Waals surface area (Å²) in [6.07, 6.45) is 14.4. The molecular weight excluding hydrogens is 581 g/mol. The number of ether oxygens (including phenoxy) is 3. The van der Waals surface area contributed by atoms with Gasteiger partial charge in [-0.2, -0.15) is 4.39 Å². The Morgan fingerprint density at radius 1 is 0.756 bits per heavy atom. The number of rotatable bonds is 20. The van der Waals surface area contributed by atoms with Gasteiger partial charge in [0.2, 0.25) is 5.82 Å². The third-order valence-electron chi connectivity index (χ3n) is 8.61. The third-order valence-corrected chi connectivity index (χ3v) is 8.61. The first-order chi connectivity index (χ1) is 21.8. The third kappa shape index (κ3) is 12.4. The first-order valence-corrected chi connectivity index (χ1v) is 17.1. The summed E-state index contributed by atoms with van der Waals surface area (Å²) >= 11 is 0. The maximum absolute atomic E-state index is 14.7. The molecule has 0 heterocycles. The zero-order valence-corrected chi connectivity index (χ0v) is 27.1. The van der Waals surface area contributed by atoms with E-state index in [9.17, 15) is 22.8 Å². The normalized spacial score (nSPS) is 17.1. The van der Waals surface area contributed by atoms with Crippen LogP contribution in [-0.2, 0) is 9.53 Å². The molecule has 3 rings (SSSR count). The van der Waals surface area contributed by atoms with Crippen molar-refractivity contribution < 1.29 is 37.0 Å². The molecule has 1 atom stereocenters. The maximum atomic E-state index is 14.7. The number of esters is 2. The van der Waals surface area contributed by atoms with Crippen molar-refractivity contribution in [2.45, 2.75) is 141 Å². The van der Waals surface area contributed by atoms with E-state index in [2.05, 4.69) is 6.92 Å². The van der Waals surface area contributed by atoms with Gasteiger partial charge in [0.05, 0.1) is 12.2 Å². The lowest BCUT2D eigenvalue weighted by Crippen LogP contribution is -2.28. The Kier molecular flexibility index (Phi) is 16.3. The molecule has 0 radical (unpaired) electrons. The summed E-state index contributed by atoms with van der Waals surface area (Å²) in [7, 11) is 0. The number of carbonyl (C=O) groups excluding carboxylic acids is 2. The molecule has 2 aromatic rings. The highest BCUT2D eigenvalue weighted by molar-refractivity contribution is 5.91. The molecule has 0 N–H and O–H groups in total. The van der Waals surface area contributed by atoms with Crippen LogP contribution in [0.5, 0.6) is 11.5 Å². The van der Waals surface area contributed by atoms with Crippen LogP contribution in [0.15, 0.2) is 36.4 Å². The number of halogens is 3. The van der Waals surface area contributed by atoms with Gasteiger partial charge in [-0.15, -0.1) is 0 Å². The summed E-state index contributed by atoms with van der Waals surface area (Å²) < 4.78 is 59.5. The van der Waals surface area contributed by atoms with Crippen molar-refractivity contribution >= 4 is 11.9 Å². The Bertz CT molecular complexity index is 1160. The van der Waals surface area contributed by atoms with E-state index in [1.807, 2.05) is 19.1 Å². The molecule has 1 aliphatic carbocycles. The molecule has 0 amide bonds. The van der Waals surface area contributed by atoms with Crippen molar-refractivity contribution in [2.24, 2.45) is 0 Å². The second-order valence-electron chi connectivity index (χ2n) is 12.2.